The molecule has 86 valence electrons. The molecule has 4 nitrogen and oxygen atoms in total. The minimum atomic E-state index is -1.43. The van der Waals surface area contributed by atoms with Gasteiger partial charge in [-0.3, -0.25) is 4.79 Å². The lowest BCUT2D eigenvalue weighted by Crippen LogP contribution is -2.39. The minimum absolute atomic E-state index is 0.558. The molecular weight excluding hydrogens is 228 g/mol. The zero-order valence-corrected chi connectivity index (χ0v) is 9.82. The first-order valence-corrected chi connectivity index (χ1v) is 5.09. The molecule has 5 heteroatoms. The number of rotatable bonds is 3. The average Bonchev–Trinajstić information content (AvgIpc) is 2.19. The molecule has 0 saturated heterocycles. The Labute approximate surface area is 98.9 Å². The summed E-state index contributed by atoms with van der Waals surface area (Å²) in [6.07, 6.45) is 1.47. The first-order valence-electron chi connectivity index (χ1n) is 4.71. The molecule has 0 aliphatic rings. The standard InChI is InChI=1S/C11H13ClN2O2/c1-11(2,16)10(15)14-13-7-8-3-5-9(12)6-4-8/h3-7,16H,1-2H3,(H,14,15). The molecule has 16 heavy (non-hydrogen) atoms. The van der Waals surface area contributed by atoms with Crippen LogP contribution in [0.3, 0.4) is 0 Å². The van der Waals surface area contributed by atoms with Crippen molar-refractivity contribution in [2.24, 2.45) is 5.10 Å². The van der Waals surface area contributed by atoms with Crippen LogP contribution in [0.1, 0.15) is 19.4 Å². The number of nitrogens with zero attached hydrogens (tertiary/aromatic N) is 1. The molecule has 0 unspecified atom stereocenters. The molecule has 1 aromatic rings. The zero-order chi connectivity index (χ0) is 12.2. The summed E-state index contributed by atoms with van der Waals surface area (Å²) < 4.78 is 0. The van der Waals surface area contributed by atoms with Crippen molar-refractivity contribution in [3.8, 4) is 0 Å². The second-order valence-electron chi connectivity index (χ2n) is 3.81. The van der Waals surface area contributed by atoms with Crippen molar-refractivity contribution in [1.29, 1.82) is 0 Å². The topological polar surface area (TPSA) is 61.7 Å². The van der Waals surface area contributed by atoms with Crippen molar-refractivity contribution in [1.82, 2.24) is 5.43 Å². The van der Waals surface area contributed by atoms with E-state index in [1.807, 2.05) is 0 Å². The van der Waals surface area contributed by atoms with Gasteiger partial charge in [-0.1, -0.05) is 23.7 Å². The Morgan fingerprint density at radius 2 is 2.00 bits per heavy atom. The van der Waals surface area contributed by atoms with Crippen LogP contribution in [0, 0.1) is 0 Å². The number of halogens is 1. The third-order valence-electron chi connectivity index (χ3n) is 1.81. The van der Waals surface area contributed by atoms with E-state index in [4.69, 9.17) is 11.6 Å². The van der Waals surface area contributed by atoms with E-state index in [1.165, 1.54) is 20.1 Å². The number of amides is 1. The van der Waals surface area contributed by atoms with Gasteiger partial charge in [0.25, 0.3) is 5.91 Å². The summed E-state index contributed by atoms with van der Waals surface area (Å²) >= 11 is 5.71. The second-order valence-corrected chi connectivity index (χ2v) is 4.25. The van der Waals surface area contributed by atoms with E-state index >= 15 is 0 Å². The molecular formula is C11H13ClN2O2. The highest BCUT2D eigenvalue weighted by atomic mass is 35.5. The van der Waals surface area contributed by atoms with Gasteiger partial charge >= 0.3 is 0 Å². The van der Waals surface area contributed by atoms with Gasteiger partial charge < -0.3 is 5.11 Å². The smallest absolute Gasteiger partial charge is 0.271 e. The van der Waals surface area contributed by atoms with Crippen molar-refractivity contribution in [3.05, 3.63) is 34.9 Å². The van der Waals surface area contributed by atoms with Crippen LogP contribution in [0.4, 0.5) is 0 Å². The Morgan fingerprint density at radius 1 is 1.44 bits per heavy atom. The number of hydrazone groups is 1. The molecule has 0 aliphatic heterocycles. The first kappa shape index (κ1) is 12.7. The molecule has 0 atom stereocenters. The molecule has 1 amide bonds. The van der Waals surface area contributed by atoms with E-state index < -0.39 is 11.5 Å². The lowest BCUT2D eigenvalue weighted by Gasteiger charge is -2.13. The summed E-state index contributed by atoms with van der Waals surface area (Å²) in [5.74, 6) is -0.558. The van der Waals surface area contributed by atoms with Crippen molar-refractivity contribution in [2.45, 2.75) is 19.4 Å². The lowest BCUT2D eigenvalue weighted by atomic mass is 10.1. The van der Waals surface area contributed by atoms with Crippen LogP contribution < -0.4 is 5.43 Å². The quantitative estimate of drug-likeness (QED) is 0.622. The van der Waals surface area contributed by atoms with Crippen molar-refractivity contribution < 1.29 is 9.90 Å². The fourth-order valence-electron chi connectivity index (χ4n) is 0.851. The molecule has 0 aliphatic carbocycles. The van der Waals surface area contributed by atoms with Gasteiger partial charge in [0.05, 0.1) is 6.21 Å². The molecule has 0 heterocycles. The monoisotopic (exact) mass is 240 g/mol. The number of aliphatic hydroxyl groups is 1. The maximum atomic E-state index is 11.2. The van der Waals surface area contributed by atoms with Crippen LogP contribution in [0.15, 0.2) is 29.4 Å². The third kappa shape index (κ3) is 4.00. The Bertz CT molecular complexity index is 393. The predicted molar refractivity (Wildman–Crippen MR) is 63.5 cm³/mol. The summed E-state index contributed by atoms with van der Waals surface area (Å²) in [4.78, 5) is 11.2. The molecule has 0 bridgehead atoms. The van der Waals surface area contributed by atoms with Gasteiger partial charge in [-0.2, -0.15) is 5.10 Å². The van der Waals surface area contributed by atoms with Crippen LogP contribution in [-0.2, 0) is 4.79 Å². The van der Waals surface area contributed by atoms with Gasteiger partial charge in [0.2, 0.25) is 0 Å². The van der Waals surface area contributed by atoms with Crippen LogP contribution in [0.5, 0.6) is 0 Å². The van der Waals surface area contributed by atoms with Crippen LogP contribution in [0.25, 0.3) is 0 Å². The van der Waals surface area contributed by atoms with Crippen molar-refractivity contribution >= 4 is 23.7 Å². The lowest BCUT2D eigenvalue weighted by molar-refractivity contribution is -0.136. The Balaban J connectivity index is 2.56. The number of carbonyl (C=O) groups excluding carboxylic acids is 1. The summed E-state index contributed by atoms with van der Waals surface area (Å²) in [5, 5.41) is 13.7. The molecule has 1 rings (SSSR count). The Morgan fingerprint density at radius 3 is 2.50 bits per heavy atom. The normalized spacial score (nSPS) is 11.8. The number of benzene rings is 1. The Hall–Kier alpha value is -1.39. The molecule has 1 aromatic carbocycles. The molecule has 0 spiro atoms. The van der Waals surface area contributed by atoms with E-state index in [0.29, 0.717) is 5.02 Å². The first-order chi connectivity index (χ1) is 7.39. The van der Waals surface area contributed by atoms with Gasteiger partial charge in [-0.05, 0) is 31.5 Å². The highest BCUT2D eigenvalue weighted by molar-refractivity contribution is 6.30. The Kier molecular flexibility index (Phi) is 4.04. The average molecular weight is 241 g/mol. The molecule has 2 N–H and O–H groups in total. The van der Waals surface area contributed by atoms with Crippen LogP contribution >= 0.6 is 11.6 Å². The summed E-state index contributed by atoms with van der Waals surface area (Å²) in [6, 6.07) is 6.98. The number of nitrogens with one attached hydrogen (secondary N) is 1. The summed E-state index contributed by atoms with van der Waals surface area (Å²) in [7, 11) is 0. The minimum Gasteiger partial charge on any atom is -0.381 e. The van der Waals surface area contributed by atoms with Gasteiger partial charge in [0.15, 0.2) is 0 Å². The maximum Gasteiger partial charge on any atom is 0.271 e. The van der Waals surface area contributed by atoms with Gasteiger partial charge in [0, 0.05) is 5.02 Å². The second kappa shape index (κ2) is 5.09. The van der Waals surface area contributed by atoms with E-state index in [9.17, 15) is 9.90 Å². The van der Waals surface area contributed by atoms with Gasteiger partial charge in [0.1, 0.15) is 5.60 Å². The van der Waals surface area contributed by atoms with Gasteiger partial charge in [-0.25, -0.2) is 5.43 Å². The zero-order valence-electron chi connectivity index (χ0n) is 9.07. The van der Waals surface area contributed by atoms with E-state index in [-0.39, 0.29) is 0 Å². The highest BCUT2D eigenvalue weighted by Gasteiger charge is 2.22. The fourth-order valence-corrected chi connectivity index (χ4v) is 0.977. The predicted octanol–water partition coefficient (Wildman–Crippen LogP) is 1.56. The van der Waals surface area contributed by atoms with Crippen LogP contribution in [-0.4, -0.2) is 22.8 Å². The number of hydrogen-bond donors (Lipinski definition) is 2. The maximum absolute atomic E-state index is 11.2. The van der Waals surface area contributed by atoms with E-state index in [1.54, 1.807) is 24.3 Å². The summed E-state index contributed by atoms with van der Waals surface area (Å²) in [5.41, 5.74) is 1.61. The van der Waals surface area contributed by atoms with Crippen molar-refractivity contribution in [2.75, 3.05) is 0 Å². The highest BCUT2D eigenvalue weighted by Crippen LogP contribution is 2.07. The molecule has 0 fully saturated rings. The SMILES string of the molecule is CC(C)(O)C(=O)NN=Cc1ccc(Cl)cc1. The third-order valence-corrected chi connectivity index (χ3v) is 2.06. The fraction of sp³-hybridized carbons (Fsp3) is 0.273. The largest absolute Gasteiger partial charge is 0.381 e. The number of hydrogen-bond acceptors (Lipinski definition) is 3. The summed E-state index contributed by atoms with van der Waals surface area (Å²) in [6.45, 7) is 2.78. The molecule has 0 radical (unpaired) electrons. The van der Waals surface area contributed by atoms with E-state index in [2.05, 4.69) is 10.5 Å². The number of carbonyl (C=O) groups is 1. The van der Waals surface area contributed by atoms with Crippen LogP contribution in [0.2, 0.25) is 5.02 Å². The van der Waals surface area contributed by atoms with E-state index in [0.717, 1.165) is 5.56 Å². The molecule has 0 saturated carbocycles. The van der Waals surface area contributed by atoms with Crippen molar-refractivity contribution in [3.63, 3.8) is 0 Å². The molecule has 0 aromatic heterocycles. The van der Waals surface area contributed by atoms with Gasteiger partial charge in [-0.15, -0.1) is 0 Å².